The van der Waals surface area contributed by atoms with Gasteiger partial charge in [0.2, 0.25) is 0 Å². The van der Waals surface area contributed by atoms with Crippen LogP contribution < -0.4 is 19.1 Å². The van der Waals surface area contributed by atoms with E-state index in [-0.39, 0.29) is 5.91 Å². The number of thiophene rings is 1. The van der Waals surface area contributed by atoms with E-state index >= 15 is 0 Å². The number of methoxy groups -OCH3 is 1. The molecule has 166 valence electrons. The molecule has 32 heavy (non-hydrogen) atoms. The first-order valence-electron chi connectivity index (χ1n) is 10.9. The van der Waals surface area contributed by atoms with Crippen molar-refractivity contribution in [1.82, 2.24) is 4.90 Å². The second kappa shape index (κ2) is 9.12. The molecule has 1 aromatic heterocycles. The molecule has 5 rings (SSSR count). The van der Waals surface area contributed by atoms with Crippen LogP contribution in [0.1, 0.15) is 16.1 Å². The Bertz CT molecular complexity index is 1100. The number of hydrogen-bond acceptors (Lipinski definition) is 6. The summed E-state index contributed by atoms with van der Waals surface area (Å²) >= 11 is 1.53. The standard InChI is InChI=1S/C25H26N2O4S/c1-29-20-6-4-19(5-7-20)26-11-2-12-27(14-13-26)25(28)24-10-9-23(32-24)18-3-8-21-22(17-18)31-16-15-30-21/h3-10,17H,2,11-16H2,1H3. The SMILES string of the molecule is COc1ccc(N2CCCN(C(=O)c3ccc(-c4ccc5c(c4)OCCO5)s3)CC2)cc1. The summed E-state index contributed by atoms with van der Waals surface area (Å²) in [6, 6.07) is 18.0. The summed E-state index contributed by atoms with van der Waals surface area (Å²) in [6.45, 7) is 4.37. The lowest BCUT2D eigenvalue weighted by atomic mass is 10.1. The lowest BCUT2D eigenvalue weighted by molar-refractivity contribution is 0.0772. The Morgan fingerprint density at radius 1 is 0.906 bits per heavy atom. The summed E-state index contributed by atoms with van der Waals surface area (Å²) in [5.41, 5.74) is 2.21. The first-order chi connectivity index (χ1) is 15.7. The van der Waals surface area contributed by atoms with Crippen LogP contribution in [0.5, 0.6) is 17.2 Å². The Balaban J connectivity index is 1.26. The van der Waals surface area contributed by atoms with E-state index in [1.807, 2.05) is 47.4 Å². The predicted octanol–water partition coefficient (Wildman–Crippen LogP) is 4.55. The number of fused-ring (bicyclic) bond motifs is 1. The Labute approximate surface area is 191 Å². The first-order valence-corrected chi connectivity index (χ1v) is 11.7. The fourth-order valence-electron chi connectivity index (χ4n) is 4.13. The Hall–Kier alpha value is -3.19. The molecule has 2 aliphatic rings. The zero-order valence-corrected chi connectivity index (χ0v) is 18.9. The number of hydrogen-bond donors (Lipinski definition) is 0. The number of carbonyl (C=O) groups is 1. The lowest BCUT2D eigenvalue weighted by Gasteiger charge is -2.23. The van der Waals surface area contributed by atoms with E-state index in [0.29, 0.717) is 19.8 Å². The molecular formula is C25H26N2O4S. The third-order valence-corrected chi connectivity index (χ3v) is 6.99. The van der Waals surface area contributed by atoms with Gasteiger partial charge in [-0.15, -0.1) is 11.3 Å². The van der Waals surface area contributed by atoms with Crippen molar-refractivity contribution in [1.29, 1.82) is 0 Å². The highest BCUT2D eigenvalue weighted by molar-refractivity contribution is 7.17. The van der Waals surface area contributed by atoms with Gasteiger partial charge in [-0.25, -0.2) is 0 Å². The zero-order chi connectivity index (χ0) is 21.9. The number of rotatable bonds is 4. The quantitative estimate of drug-likeness (QED) is 0.584. The second-order valence-electron chi connectivity index (χ2n) is 7.85. The Morgan fingerprint density at radius 3 is 2.53 bits per heavy atom. The Morgan fingerprint density at radius 2 is 1.72 bits per heavy atom. The zero-order valence-electron chi connectivity index (χ0n) is 18.1. The number of carbonyl (C=O) groups excluding carboxylic acids is 1. The van der Waals surface area contributed by atoms with Crippen LogP contribution in [0.25, 0.3) is 10.4 Å². The van der Waals surface area contributed by atoms with E-state index in [1.54, 1.807) is 7.11 Å². The van der Waals surface area contributed by atoms with Gasteiger partial charge in [0.25, 0.3) is 5.91 Å². The average Bonchev–Trinajstić information content (AvgIpc) is 3.21. The molecule has 3 aromatic rings. The van der Waals surface area contributed by atoms with E-state index < -0.39 is 0 Å². The summed E-state index contributed by atoms with van der Waals surface area (Å²) in [6.07, 6.45) is 0.943. The fourth-order valence-corrected chi connectivity index (χ4v) is 5.10. The highest BCUT2D eigenvalue weighted by atomic mass is 32.1. The maximum absolute atomic E-state index is 13.2. The van der Waals surface area contributed by atoms with Crippen LogP contribution >= 0.6 is 11.3 Å². The largest absolute Gasteiger partial charge is 0.497 e. The van der Waals surface area contributed by atoms with Gasteiger partial charge in [0.15, 0.2) is 11.5 Å². The normalized spacial score (nSPS) is 15.9. The molecule has 1 amide bonds. The number of nitrogens with zero attached hydrogens (tertiary/aromatic N) is 2. The summed E-state index contributed by atoms with van der Waals surface area (Å²) in [5, 5.41) is 0. The summed E-state index contributed by atoms with van der Waals surface area (Å²) in [5.74, 6) is 2.50. The number of ether oxygens (including phenoxy) is 3. The van der Waals surface area contributed by atoms with Crippen LogP contribution in [0.3, 0.4) is 0 Å². The molecule has 3 heterocycles. The third-order valence-electron chi connectivity index (χ3n) is 5.86. The van der Waals surface area contributed by atoms with E-state index in [1.165, 1.54) is 11.3 Å². The van der Waals surface area contributed by atoms with E-state index in [2.05, 4.69) is 17.0 Å². The van der Waals surface area contributed by atoms with Gasteiger partial charge in [-0.05, 0) is 66.6 Å². The molecule has 0 aliphatic carbocycles. The molecule has 0 unspecified atom stereocenters. The first kappa shape index (κ1) is 20.7. The topological polar surface area (TPSA) is 51.2 Å². The molecule has 0 spiro atoms. The predicted molar refractivity (Wildman–Crippen MR) is 126 cm³/mol. The van der Waals surface area contributed by atoms with Crippen LogP contribution in [0.15, 0.2) is 54.6 Å². The van der Waals surface area contributed by atoms with Gasteiger partial charge < -0.3 is 24.0 Å². The van der Waals surface area contributed by atoms with Crippen LogP contribution in [0.4, 0.5) is 5.69 Å². The molecule has 7 heteroatoms. The molecule has 0 saturated carbocycles. The molecule has 1 fully saturated rings. The highest BCUT2D eigenvalue weighted by Crippen LogP contribution is 2.37. The number of benzene rings is 2. The highest BCUT2D eigenvalue weighted by Gasteiger charge is 2.22. The van der Waals surface area contributed by atoms with Gasteiger partial charge in [-0.2, -0.15) is 0 Å². The molecule has 1 saturated heterocycles. The summed E-state index contributed by atoms with van der Waals surface area (Å²) in [4.78, 5) is 19.4. The molecular weight excluding hydrogens is 424 g/mol. The average molecular weight is 451 g/mol. The van der Waals surface area contributed by atoms with Gasteiger partial charge in [-0.1, -0.05) is 0 Å². The van der Waals surface area contributed by atoms with Crippen LogP contribution in [0, 0.1) is 0 Å². The molecule has 0 N–H and O–H groups in total. The fraction of sp³-hybridized carbons (Fsp3) is 0.320. The molecule has 2 aromatic carbocycles. The molecule has 0 bridgehead atoms. The van der Waals surface area contributed by atoms with Crippen molar-refractivity contribution in [3.05, 3.63) is 59.5 Å². The molecule has 0 radical (unpaired) electrons. The molecule has 6 nitrogen and oxygen atoms in total. The van der Waals surface area contributed by atoms with Gasteiger partial charge in [0.05, 0.1) is 12.0 Å². The number of anilines is 1. The Kier molecular flexibility index (Phi) is 5.90. The van der Waals surface area contributed by atoms with Crippen LogP contribution in [-0.4, -0.2) is 57.3 Å². The smallest absolute Gasteiger partial charge is 0.264 e. The number of amides is 1. The van der Waals surface area contributed by atoms with Gasteiger partial charge in [-0.3, -0.25) is 4.79 Å². The van der Waals surface area contributed by atoms with Crippen molar-refractivity contribution in [2.45, 2.75) is 6.42 Å². The van der Waals surface area contributed by atoms with Crippen molar-refractivity contribution in [2.24, 2.45) is 0 Å². The molecule has 0 atom stereocenters. The van der Waals surface area contributed by atoms with Crippen molar-refractivity contribution in [3.8, 4) is 27.7 Å². The monoisotopic (exact) mass is 450 g/mol. The van der Waals surface area contributed by atoms with Crippen molar-refractivity contribution in [3.63, 3.8) is 0 Å². The van der Waals surface area contributed by atoms with Crippen LogP contribution in [0.2, 0.25) is 0 Å². The summed E-state index contributed by atoms with van der Waals surface area (Å²) in [7, 11) is 1.67. The van der Waals surface area contributed by atoms with Crippen LogP contribution in [-0.2, 0) is 0 Å². The van der Waals surface area contributed by atoms with E-state index in [0.717, 1.165) is 64.3 Å². The lowest BCUT2D eigenvalue weighted by Crippen LogP contribution is -2.34. The van der Waals surface area contributed by atoms with Crippen molar-refractivity contribution < 1.29 is 19.0 Å². The van der Waals surface area contributed by atoms with Gasteiger partial charge >= 0.3 is 0 Å². The minimum absolute atomic E-state index is 0.107. The maximum atomic E-state index is 13.2. The van der Waals surface area contributed by atoms with E-state index in [9.17, 15) is 4.79 Å². The second-order valence-corrected chi connectivity index (χ2v) is 8.94. The maximum Gasteiger partial charge on any atom is 0.264 e. The minimum Gasteiger partial charge on any atom is -0.497 e. The third kappa shape index (κ3) is 4.25. The van der Waals surface area contributed by atoms with Crippen molar-refractivity contribution >= 4 is 22.9 Å². The minimum atomic E-state index is 0.107. The van der Waals surface area contributed by atoms with E-state index in [4.69, 9.17) is 14.2 Å². The van der Waals surface area contributed by atoms with Crippen molar-refractivity contribution in [2.75, 3.05) is 51.4 Å². The molecule has 2 aliphatic heterocycles. The van der Waals surface area contributed by atoms with Gasteiger partial charge in [0.1, 0.15) is 19.0 Å². The van der Waals surface area contributed by atoms with Gasteiger partial charge in [0, 0.05) is 36.7 Å². The summed E-state index contributed by atoms with van der Waals surface area (Å²) < 4.78 is 16.6.